The Balaban J connectivity index is 1.39. The molecule has 4 aromatic carbocycles. The largest absolute Gasteiger partial charge is 0.388 e. The molecule has 4 aromatic rings. The van der Waals surface area contributed by atoms with E-state index in [9.17, 15) is 18.7 Å². The van der Waals surface area contributed by atoms with Crippen LogP contribution in [0.15, 0.2) is 104 Å². The van der Waals surface area contributed by atoms with Crippen LogP contribution < -0.4 is 4.90 Å². The molecule has 1 saturated heterocycles. The smallest absolute Gasteiger partial charge is 0.233 e. The van der Waals surface area contributed by atoms with Gasteiger partial charge in [0.2, 0.25) is 5.91 Å². The maximum Gasteiger partial charge on any atom is 0.233 e. The third kappa shape index (κ3) is 5.09. The van der Waals surface area contributed by atoms with E-state index in [0.29, 0.717) is 24.1 Å². The molecule has 3 atom stereocenters. The first kappa shape index (κ1) is 24.6. The summed E-state index contributed by atoms with van der Waals surface area (Å²) < 4.78 is 26.8. The van der Waals surface area contributed by atoms with Gasteiger partial charge in [0, 0.05) is 5.69 Å². The van der Waals surface area contributed by atoms with Crippen LogP contribution in [0.2, 0.25) is 0 Å². The zero-order chi connectivity index (χ0) is 25.9. The van der Waals surface area contributed by atoms with Crippen molar-refractivity contribution < 1.29 is 18.7 Å². The predicted octanol–water partition coefficient (Wildman–Crippen LogP) is 7.49. The van der Waals surface area contributed by atoms with E-state index in [-0.39, 0.29) is 29.5 Å². The SMILES string of the molecule is C=Cc1ccc(-c2ccc(C3C(CC[C@H](O)c4ccc(F)cc4)C(=O)N3c3ccc(F)cc3)cc2)cc1. The van der Waals surface area contributed by atoms with Gasteiger partial charge in [-0.25, -0.2) is 8.78 Å². The van der Waals surface area contributed by atoms with Gasteiger partial charge >= 0.3 is 0 Å². The van der Waals surface area contributed by atoms with Gasteiger partial charge in [0.1, 0.15) is 11.6 Å². The number of aliphatic hydroxyl groups excluding tert-OH is 1. The van der Waals surface area contributed by atoms with Crippen LogP contribution in [0.5, 0.6) is 0 Å². The van der Waals surface area contributed by atoms with Gasteiger partial charge in [-0.2, -0.15) is 0 Å². The number of hydrogen-bond donors (Lipinski definition) is 1. The monoisotopic (exact) mass is 495 g/mol. The fraction of sp³-hybridized carbons (Fsp3) is 0.156. The Kier molecular flexibility index (Phi) is 6.97. The molecule has 1 fully saturated rings. The summed E-state index contributed by atoms with van der Waals surface area (Å²) >= 11 is 0. The molecule has 0 saturated carbocycles. The van der Waals surface area contributed by atoms with E-state index in [1.54, 1.807) is 35.2 Å². The summed E-state index contributed by atoms with van der Waals surface area (Å²) in [4.78, 5) is 15.0. The van der Waals surface area contributed by atoms with Crippen molar-refractivity contribution >= 4 is 17.7 Å². The van der Waals surface area contributed by atoms with Crippen LogP contribution in [0.25, 0.3) is 17.2 Å². The molecule has 0 spiro atoms. The van der Waals surface area contributed by atoms with E-state index in [2.05, 4.69) is 6.58 Å². The second kappa shape index (κ2) is 10.5. The molecule has 1 heterocycles. The maximum atomic E-state index is 13.6. The van der Waals surface area contributed by atoms with Gasteiger partial charge in [-0.1, -0.05) is 73.3 Å². The van der Waals surface area contributed by atoms with Crippen molar-refractivity contribution in [1.29, 1.82) is 0 Å². The summed E-state index contributed by atoms with van der Waals surface area (Å²) in [6.45, 7) is 3.79. The number of rotatable bonds is 8. The zero-order valence-corrected chi connectivity index (χ0v) is 20.2. The summed E-state index contributed by atoms with van der Waals surface area (Å²) in [7, 11) is 0. The minimum atomic E-state index is -0.796. The first-order chi connectivity index (χ1) is 17.9. The summed E-state index contributed by atoms with van der Waals surface area (Å²) in [5, 5.41) is 10.6. The molecule has 0 radical (unpaired) electrons. The summed E-state index contributed by atoms with van der Waals surface area (Å²) in [6.07, 6.45) is 1.83. The molecule has 5 heteroatoms. The predicted molar refractivity (Wildman–Crippen MR) is 143 cm³/mol. The maximum absolute atomic E-state index is 13.6. The molecule has 2 unspecified atom stereocenters. The number of benzene rings is 4. The number of nitrogens with zero attached hydrogens (tertiary/aromatic N) is 1. The Morgan fingerprint density at radius 3 is 1.92 bits per heavy atom. The standard InChI is InChI=1S/C32H27F2NO2/c1-2-21-3-5-22(6-4-21)23-7-9-25(10-8-23)31-29(19-20-30(36)24-11-13-26(33)14-12-24)32(37)35(31)28-17-15-27(34)16-18-28/h2-18,29-31,36H,1,19-20H2/t29?,30-,31?/m0/s1. The van der Waals surface area contributed by atoms with Crippen LogP contribution in [0, 0.1) is 17.6 Å². The van der Waals surface area contributed by atoms with E-state index in [0.717, 1.165) is 22.3 Å². The lowest BCUT2D eigenvalue weighted by Gasteiger charge is -2.48. The summed E-state index contributed by atoms with van der Waals surface area (Å²) in [5.74, 6) is -1.12. The van der Waals surface area contributed by atoms with Crippen LogP contribution >= 0.6 is 0 Å². The van der Waals surface area contributed by atoms with E-state index >= 15 is 0 Å². The third-order valence-corrected chi connectivity index (χ3v) is 7.06. The van der Waals surface area contributed by atoms with E-state index < -0.39 is 6.10 Å². The normalized spacial score (nSPS) is 17.8. The van der Waals surface area contributed by atoms with Gasteiger partial charge < -0.3 is 10.0 Å². The van der Waals surface area contributed by atoms with Crippen LogP contribution in [-0.2, 0) is 4.79 Å². The number of carbonyl (C=O) groups excluding carboxylic acids is 1. The Labute approximate surface area is 215 Å². The van der Waals surface area contributed by atoms with Crippen molar-refractivity contribution in [2.45, 2.75) is 25.0 Å². The van der Waals surface area contributed by atoms with Gasteiger partial charge in [-0.15, -0.1) is 0 Å². The molecule has 3 nitrogen and oxygen atoms in total. The molecule has 1 aliphatic rings. The number of anilines is 1. The molecular formula is C32H27F2NO2. The minimum Gasteiger partial charge on any atom is -0.388 e. The van der Waals surface area contributed by atoms with Gasteiger partial charge in [0.25, 0.3) is 0 Å². The summed E-state index contributed by atoms with van der Waals surface area (Å²) in [6, 6.07) is 27.7. The Morgan fingerprint density at radius 1 is 0.811 bits per heavy atom. The lowest BCUT2D eigenvalue weighted by atomic mass is 9.78. The molecular weight excluding hydrogens is 468 g/mol. The Bertz CT molecular complexity index is 1380. The molecule has 1 aliphatic heterocycles. The lowest BCUT2D eigenvalue weighted by Crippen LogP contribution is -2.55. The van der Waals surface area contributed by atoms with Crippen molar-refractivity contribution in [2.75, 3.05) is 4.90 Å². The molecule has 0 aromatic heterocycles. The molecule has 1 N–H and O–H groups in total. The fourth-order valence-corrected chi connectivity index (χ4v) is 4.97. The number of halogens is 2. The van der Waals surface area contributed by atoms with Crippen LogP contribution in [0.4, 0.5) is 14.5 Å². The van der Waals surface area contributed by atoms with Crippen molar-refractivity contribution in [3.8, 4) is 11.1 Å². The van der Waals surface area contributed by atoms with Crippen LogP contribution in [-0.4, -0.2) is 11.0 Å². The Hall–Kier alpha value is -4.09. The highest BCUT2D eigenvalue weighted by Gasteiger charge is 2.48. The van der Waals surface area contributed by atoms with Gasteiger partial charge in [0.05, 0.1) is 18.1 Å². The van der Waals surface area contributed by atoms with Crippen molar-refractivity contribution in [1.82, 2.24) is 0 Å². The Morgan fingerprint density at radius 2 is 1.35 bits per heavy atom. The van der Waals surface area contributed by atoms with Gasteiger partial charge in [-0.05, 0) is 77.1 Å². The highest BCUT2D eigenvalue weighted by atomic mass is 19.1. The van der Waals surface area contributed by atoms with E-state index in [1.165, 1.54) is 24.3 Å². The second-order valence-electron chi connectivity index (χ2n) is 9.33. The second-order valence-corrected chi connectivity index (χ2v) is 9.33. The van der Waals surface area contributed by atoms with Gasteiger partial charge in [0.15, 0.2) is 0 Å². The minimum absolute atomic E-state index is 0.0630. The van der Waals surface area contributed by atoms with Crippen LogP contribution in [0.1, 0.15) is 41.7 Å². The van der Waals surface area contributed by atoms with Crippen molar-refractivity contribution in [3.63, 3.8) is 0 Å². The number of β-lactam (4-membered cyclic amide) rings is 1. The highest BCUT2D eigenvalue weighted by Crippen LogP contribution is 2.46. The fourth-order valence-electron chi connectivity index (χ4n) is 4.97. The number of carbonyl (C=O) groups is 1. The molecule has 37 heavy (non-hydrogen) atoms. The number of amides is 1. The molecule has 0 aliphatic carbocycles. The third-order valence-electron chi connectivity index (χ3n) is 7.06. The average Bonchev–Trinajstić information content (AvgIpc) is 2.93. The van der Waals surface area contributed by atoms with Crippen molar-refractivity contribution in [2.24, 2.45) is 5.92 Å². The lowest BCUT2D eigenvalue weighted by molar-refractivity contribution is -0.131. The molecule has 0 bridgehead atoms. The molecule has 186 valence electrons. The molecule has 5 rings (SSSR count). The highest BCUT2D eigenvalue weighted by molar-refractivity contribution is 6.03. The van der Waals surface area contributed by atoms with E-state index in [4.69, 9.17) is 0 Å². The first-order valence-electron chi connectivity index (χ1n) is 12.3. The summed E-state index contributed by atoms with van der Waals surface area (Å²) in [5.41, 5.74) is 5.41. The topological polar surface area (TPSA) is 40.5 Å². The van der Waals surface area contributed by atoms with Crippen LogP contribution in [0.3, 0.4) is 0 Å². The number of aliphatic hydroxyl groups is 1. The quantitative estimate of drug-likeness (QED) is 0.257. The average molecular weight is 496 g/mol. The first-order valence-corrected chi connectivity index (χ1v) is 12.3. The number of hydrogen-bond acceptors (Lipinski definition) is 2. The van der Waals surface area contributed by atoms with E-state index in [1.807, 2.05) is 48.5 Å². The van der Waals surface area contributed by atoms with Crippen molar-refractivity contribution in [3.05, 3.63) is 132 Å². The van der Waals surface area contributed by atoms with Gasteiger partial charge in [-0.3, -0.25) is 4.79 Å². The molecule has 1 amide bonds. The zero-order valence-electron chi connectivity index (χ0n) is 20.2.